The van der Waals surface area contributed by atoms with Gasteiger partial charge in [0.15, 0.2) is 0 Å². The van der Waals surface area contributed by atoms with E-state index in [4.69, 9.17) is 27.9 Å². The summed E-state index contributed by atoms with van der Waals surface area (Å²) in [6, 6.07) is 9.44. The van der Waals surface area contributed by atoms with Gasteiger partial charge in [-0.25, -0.2) is 0 Å². The van der Waals surface area contributed by atoms with Crippen LogP contribution in [0.1, 0.15) is 16.7 Å². The fraction of sp³-hybridized carbons (Fsp3) is 0.200. The first-order valence-corrected chi connectivity index (χ1v) is 7.51. The molecule has 0 heterocycles. The van der Waals surface area contributed by atoms with Crippen LogP contribution in [0.25, 0.3) is 0 Å². The topological polar surface area (TPSA) is 9.23 Å². The van der Waals surface area contributed by atoms with Gasteiger partial charge in [-0.2, -0.15) is 0 Å². The molecule has 0 fully saturated rings. The molecule has 19 heavy (non-hydrogen) atoms. The molecule has 0 amide bonds. The summed E-state index contributed by atoms with van der Waals surface area (Å²) < 4.78 is 7.01. The molecule has 0 radical (unpaired) electrons. The third-order valence-corrected chi connectivity index (χ3v) is 4.58. The van der Waals surface area contributed by atoms with Gasteiger partial charge in [0.1, 0.15) is 11.5 Å². The van der Waals surface area contributed by atoms with Crippen LogP contribution in [0, 0.1) is 13.8 Å². The summed E-state index contributed by atoms with van der Waals surface area (Å²) in [5.74, 6) is 1.87. The summed E-state index contributed by atoms with van der Waals surface area (Å²) in [5.41, 5.74) is 3.18. The van der Waals surface area contributed by atoms with E-state index >= 15 is 0 Å². The quantitative estimate of drug-likeness (QED) is 0.588. The highest BCUT2D eigenvalue weighted by Crippen LogP contribution is 2.32. The third-order valence-electron chi connectivity index (χ3n) is 2.81. The summed E-state index contributed by atoms with van der Waals surface area (Å²) >= 11 is 15.4. The van der Waals surface area contributed by atoms with Crippen LogP contribution in [0.4, 0.5) is 0 Å². The number of rotatable bonds is 3. The van der Waals surface area contributed by atoms with Crippen molar-refractivity contribution in [2.24, 2.45) is 0 Å². The van der Waals surface area contributed by atoms with Crippen LogP contribution >= 0.6 is 39.1 Å². The van der Waals surface area contributed by atoms with Crippen LogP contribution in [0.15, 0.2) is 34.8 Å². The lowest BCUT2D eigenvalue weighted by Crippen LogP contribution is -1.92. The summed E-state index contributed by atoms with van der Waals surface area (Å²) in [7, 11) is 0. The van der Waals surface area contributed by atoms with Gasteiger partial charge in [-0.1, -0.05) is 33.6 Å². The molecule has 0 atom stereocenters. The molecule has 0 N–H and O–H groups in total. The molecule has 0 aliphatic carbocycles. The first-order chi connectivity index (χ1) is 9.01. The van der Waals surface area contributed by atoms with E-state index in [0.29, 0.717) is 16.7 Å². The second kappa shape index (κ2) is 6.17. The average molecular weight is 360 g/mol. The van der Waals surface area contributed by atoms with E-state index in [-0.39, 0.29) is 0 Å². The van der Waals surface area contributed by atoms with Crippen molar-refractivity contribution >= 4 is 39.1 Å². The van der Waals surface area contributed by atoms with Gasteiger partial charge in [0.05, 0.1) is 5.88 Å². The van der Waals surface area contributed by atoms with Crippen molar-refractivity contribution in [3.63, 3.8) is 0 Å². The zero-order valence-corrected chi connectivity index (χ0v) is 13.7. The van der Waals surface area contributed by atoms with Gasteiger partial charge < -0.3 is 4.74 Å². The number of aryl methyl sites for hydroxylation is 2. The van der Waals surface area contributed by atoms with Gasteiger partial charge in [-0.15, -0.1) is 11.6 Å². The standard InChI is InChI=1S/C15H13BrCl2O/c1-9-5-13(6-10(2)15(9)16)19-14-7-12(18)4-3-11(14)8-17/h3-7H,8H2,1-2H3. The van der Waals surface area contributed by atoms with Gasteiger partial charge in [-0.3, -0.25) is 0 Å². The summed E-state index contributed by atoms with van der Waals surface area (Å²) in [4.78, 5) is 0. The zero-order chi connectivity index (χ0) is 14.0. The van der Waals surface area contributed by atoms with Gasteiger partial charge in [0, 0.05) is 15.1 Å². The lowest BCUT2D eigenvalue weighted by Gasteiger charge is -2.12. The Morgan fingerprint density at radius 1 is 1.11 bits per heavy atom. The number of halogens is 3. The molecule has 0 bridgehead atoms. The zero-order valence-electron chi connectivity index (χ0n) is 10.6. The molecule has 2 aromatic carbocycles. The van der Waals surface area contributed by atoms with Crippen LogP contribution in [-0.4, -0.2) is 0 Å². The predicted molar refractivity (Wildman–Crippen MR) is 84.7 cm³/mol. The van der Waals surface area contributed by atoms with Crippen LogP contribution < -0.4 is 4.74 Å². The second-order valence-corrected chi connectivity index (χ2v) is 5.86. The van der Waals surface area contributed by atoms with Crippen molar-refractivity contribution in [1.82, 2.24) is 0 Å². The Hall–Kier alpha value is -0.700. The molecule has 2 rings (SSSR count). The molecule has 0 saturated heterocycles. The molecular weight excluding hydrogens is 347 g/mol. The highest BCUT2D eigenvalue weighted by molar-refractivity contribution is 9.10. The minimum absolute atomic E-state index is 0.390. The highest BCUT2D eigenvalue weighted by Gasteiger charge is 2.08. The smallest absolute Gasteiger partial charge is 0.133 e. The van der Waals surface area contributed by atoms with E-state index in [1.54, 1.807) is 6.07 Å². The van der Waals surface area contributed by atoms with Crippen LogP contribution in [0.5, 0.6) is 11.5 Å². The minimum Gasteiger partial charge on any atom is -0.457 e. The second-order valence-electron chi connectivity index (χ2n) is 4.36. The largest absolute Gasteiger partial charge is 0.457 e. The van der Waals surface area contributed by atoms with E-state index in [2.05, 4.69) is 15.9 Å². The van der Waals surface area contributed by atoms with Gasteiger partial charge >= 0.3 is 0 Å². The van der Waals surface area contributed by atoms with Gasteiger partial charge in [0.25, 0.3) is 0 Å². The Balaban J connectivity index is 2.38. The number of benzene rings is 2. The number of hydrogen-bond donors (Lipinski definition) is 0. The predicted octanol–water partition coefficient (Wildman–Crippen LogP) is 6.25. The number of ether oxygens (including phenoxy) is 1. The molecule has 2 aromatic rings. The van der Waals surface area contributed by atoms with Crippen molar-refractivity contribution < 1.29 is 4.74 Å². The summed E-state index contributed by atoms with van der Waals surface area (Å²) in [5, 5.41) is 0.634. The normalized spacial score (nSPS) is 10.6. The maximum Gasteiger partial charge on any atom is 0.133 e. The Morgan fingerprint density at radius 3 is 2.32 bits per heavy atom. The van der Waals surface area contributed by atoms with Gasteiger partial charge in [-0.05, 0) is 49.2 Å². The van der Waals surface area contributed by atoms with Crippen LogP contribution in [0.2, 0.25) is 5.02 Å². The molecule has 0 spiro atoms. The van der Waals surface area contributed by atoms with E-state index in [1.807, 2.05) is 38.1 Å². The molecule has 100 valence electrons. The number of hydrogen-bond acceptors (Lipinski definition) is 1. The Morgan fingerprint density at radius 2 is 1.74 bits per heavy atom. The molecular formula is C15H13BrCl2O. The Bertz CT molecular complexity index is 588. The van der Waals surface area contributed by atoms with Crippen molar-refractivity contribution in [3.05, 3.63) is 56.5 Å². The first kappa shape index (κ1) is 14.7. The molecule has 0 aromatic heterocycles. The molecule has 1 nitrogen and oxygen atoms in total. The maximum absolute atomic E-state index is 6.00. The summed E-state index contributed by atoms with van der Waals surface area (Å²) in [6.45, 7) is 4.06. The minimum atomic E-state index is 0.390. The number of alkyl halides is 1. The average Bonchev–Trinajstić information content (AvgIpc) is 2.36. The van der Waals surface area contributed by atoms with Crippen molar-refractivity contribution in [1.29, 1.82) is 0 Å². The monoisotopic (exact) mass is 358 g/mol. The van der Waals surface area contributed by atoms with Crippen molar-refractivity contribution in [2.75, 3.05) is 0 Å². The molecule has 0 unspecified atom stereocenters. The van der Waals surface area contributed by atoms with Crippen LogP contribution in [0.3, 0.4) is 0 Å². The van der Waals surface area contributed by atoms with Crippen molar-refractivity contribution in [2.45, 2.75) is 19.7 Å². The third kappa shape index (κ3) is 3.44. The van der Waals surface area contributed by atoms with E-state index in [9.17, 15) is 0 Å². The van der Waals surface area contributed by atoms with E-state index in [1.165, 1.54) is 0 Å². The molecule has 4 heteroatoms. The van der Waals surface area contributed by atoms with E-state index < -0.39 is 0 Å². The first-order valence-electron chi connectivity index (χ1n) is 5.80. The maximum atomic E-state index is 6.00. The SMILES string of the molecule is Cc1cc(Oc2cc(Cl)ccc2CCl)cc(C)c1Br. The highest BCUT2D eigenvalue weighted by atomic mass is 79.9. The van der Waals surface area contributed by atoms with E-state index in [0.717, 1.165) is 26.9 Å². The lowest BCUT2D eigenvalue weighted by molar-refractivity contribution is 0.477. The fourth-order valence-electron chi connectivity index (χ4n) is 1.83. The lowest BCUT2D eigenvalue weighted by atomic mass is 10.1. The van der Waals surface area contributed by atoms with Gasteiger partial charge in [0.2, 0.25) is 0 Å². The van der Waals surface area contributed by atoms with Crippen LogP contribution in [-0.2, 0) is 5.88 Å². The Kier molecular flexibility index (Phi) is 4.77. The Labute approximate surface area is 131 Å². The molecule has 0 aliphatic heterocycles. The van der Waals surface area contributed by atoms with Crippen molar-refractivity contribution in [3.8, 4) is 11.5 Å². The fourth-order valence-corrected chi connectivity index (χ4v) is 2.44. The molecule has 0 saturated carbocycles. The summed E-state index contributed by atoms with van der Waals surface area (Å²) in [6.07, 6.45) is 0. The molecule has 0 aliphatic rings.